The van der Waals surface area contributed by atoms with Crippen LogP contribution < -0.4 is 0 Å². The van der Waals surface area contributed by atoms with E-state index in [4.69, 9.17) is 0 Å². The first-order chi connectivity index (χ1) is 24.9. The Labute approximate surface area is 351 Å². The summed E-state index contributed by atoms with van der Waals surface area (Å²) in [6, 6.07) is 18.0. The van der Waals surface area contributed by atoms with Gasteiger partial charge >= 0.3 is 37.7 Å². The molecule has 53 heavy (non-hydrogen) atoms. The maximum Gasteiger partial charge on any atom is 2.00 e. The van der Waals surface area contributed by atoms with Gasteiger partial charge in [-0.05, 0) is 119 Å². The van der Waals surface area contributed by atoms with Crippen LogP contribution in [0.25, 0.3) is 21.5 Å². The Morgan fingerprint density at radius 1 is 0.377 bits per heavy atom. The van der Waals surface area contributed by atoms with E-state index in [-0.39, 0.29) is 47.5 Å². The van der Waals surface area contributed by atoms with Crippen LogP contribution in [0.15, 0.2) is 70.5 Å². The summed E-state index contributed by atoms with van der Waals surface area (Å²) < 4.78 is 67.9. The minimum atomic E-state index is -4.41. The molecule has 4 aromatic rings. The van der Waals surface area contributed by atoms with Crippen LogP contribution in [-0.4, -0.2) is 63.7 Å². The second kappa shape index (κ2) is 24.9. The third-order valence-corrected chi connectivity index (χ3v) is 11.7. The van der Waals surface area contributed by atoms with Crippen molar-refractivity contribution < 1.29 is 25.9 Å². The van der Waals surface area contributed by atoms with Gasteiger partial charge in [0.25, 0.3) is 0 Å². The van der Waals surface area contributed by atoms with Crippen LogP contribution in [0.2, 0.25) is 0 Å². The SMILES string of the molecule is CCCCCCc1cc2ccc(S(=O)(=O)[O-])cc2cc1CCCCCC.CCCCCCc1cc2ccc(S(=O)(=O)[O-])cc2cc1CCCCCC.[Ca+2]. The molecule has 0 aliphatic heterocycles. The maximum atomic E-state index is 11.3. The summed E-state index contributed by atoms with van der Waals surface area (Å²) in [6.07, 6.45) is 23.7. The molecule has 0 aliphatic carbocycles. The van der Waals surface area contributed by atoms with Crippen LogP contribution in [0.3, 0.4) is 0 Å². The van der Waals surface area contributed by atoms with Gasteiger partial charge in [-0.2, -0.15) is 0 Å². The number of fused-ring (bicyclic) bond motifs is 2. The fourth-order valence-electron chi connectivity index (χ4n) is 6.95. The molecule has 0 bridgehead atoms. The van der Waals surface area contributed by atoms with E-state index in [2.05, 4.69) is 52.0 Å². The van der Waals surface area contributed by atoms with Crippen molar-refractivity contribution >= 4 is 79.5 Å². The Morgan fingerprint density at radius 2 is 0.642 bits per heavy atom. The van der Waals surface area contributed by atoms with E-state index in [1.165, 1.54) is 136 Å². The van der Waals surface area contributed by atoms with Crippen molar-refractivity contribution in [2.75, 3.05) is 0 Å². The number of rotatable bonds is 22. The molecule has 0 aromatic heterocycles. The summed E-state index contributed by atoms with van der Waals surface area (Å²) in [6.45, 7) is 8.85. The van der Waals surface area contributed by atoms with Crippen molar-refractivity contribution in [2.45, 2.75) is 166 Å². The Hall–Kier alpha value is -1.52. The molecule has 0 N–H and O–H groups in total. The minimum Gasteiger partial charge on any atom is -0.744 e. The van der Waals surface area contributed by atoms with Crippen molar-refractivity contribution in [1.82, 2.24) is 0 Å². The molecular formula is C44H62CaO6S2. The van der Waals surface area contributed by atoms with Gasteiger partial charge in [0.2, 0.25) is 0 Å². The maximum absolute atomic E-state index is 11.3. The van der Waals surface area contributed by atoms with Crippen LogP contribution >= 0.6 is 0 Å². The van der Waals surface area contributed by atoms with Crippen molar-refractivity contribution in [2.24, 2.45) is 0 Å². The molecule has 0 atom stereocenters. The number of hydrogen-bond donors (Lipinski definition) is 0. The summed E-state index contributed by atoms with van der Waals surface area (Å²) in [5.41, 5.74) is 5.38. The second-order valence-corrected chi connectivity index (χ2v) is 17.2. The van der Waals surface area contributed by atoms with Gasteiger partial charge in [-0.15, -0.1) is 0 Å². The van der Waals surface area contributed by atoms with Gasteiger partial charge in [0.05, 0.1) is 9.79 Å². The van der Waals surface area contributed by atoms with Crippen LogP contribution in [-0.2, 0) is 45.9 Å². The average Bonchev–Trinajstić information content (AvgIpc) is 3.11. The third-order valence-electron chi connectivity index (χ3n) is 10.0. The number of benzene rings is 4. The summed E-state index contributed by atoms with van der Waals surface area (Å²) in [5, 5.41) is 3.73. The van der Waals surface area contributed by atoms with Crippen molar-refractivity contribution in [3.63, 3.8) is 0 Å². The molecule has 9 heteroatoms. The molecule has 6 nitrogen and oxygen atoms in total. The largest absolute Gasteiger partial charge is 2.00 e. The Kier molecular flexibility index (Phi) is 22.4. The fraction of sp³-hybridized carbons (Fsp3) is 0.545. The van der Waals surface area contributed by atoms with Gasteiger partial charge in [0, 0.05) is 0 Å². The summed E-state index contributed by atoms with van der Waals surface area (Å²) in [5.74, 6) is 0. The summed E-state index contributed by atoms with van der Waals surface area (Å²) >= 11 is 0. The monoisotopic (exact) mass is 790 g/mol. The molecule has 0 saturated carbocycles. The van der Waals surface area contributed by atoms with Crippen molar-refractivity contribution in [3.05, 3.63) is 82.9 Å². The van der Waals surface area contributed by atoms with E-state index in [0.29, 0.717) is 0 Å². The van der Waals surface area contributed by atoms with E-state index in [1.54, 1.807) is 12.1 Å². The predicted octanol–water partition coefficient (Wildman–Crippen LogP) is 11.6. The zero-order valence-corrected chi connectivity index (χ0v) is 36.7. The van der Waals surface area contributed by atoms with E-state index < -0.39 is 20.2 Å². The van der Waals surface area contributed by atoms with E-state index in [1.807, 2.05) is 0 Å². The van der Waals surface area contributed by atoms with Gasteiger partial charge in [-0.3, -0.25) is 0 Å². The molecule has 4 rings (SSSR count). The smallest absolute Gasteiger partial charge is 0.744 e. The molecule has 0 saturated heterocycles. The minimum absolute atomic E-state index is 0. The Balaban J connectivity index is 0.000000360. The first-order valence-electron chi connectivity index (χ1n) is 19.9. The molecule has 0 fully saturated rings. The van der Waals surface area contributed by atoms with Gasteiger partial charge in [0.15, 0.2) is 0 Å². The van der Waals surface area contributed by atoms with Crippen LogP contribution in [0.1, 0.15) is 153 Å². The molecule has 0 radical (unpaired) electrons. The Morgan fingerprint density at radius 3 is 0.887 bits per heavy atom. The first kappa shape index (κ1) is 47.6. The zero-order valence-electron chi connectivity index (χ0n) is 32.9. The Bertz CT molecular complexity index is 1770. The molecule has 0 unspecified atom stereocenters. The summed E-state index contributed by atoms with van der Waals surface area (Å²) in [7, 11) is -8.82. The molecule has 0 heterocycles. The number of hydrogen-bond acceptors (Lipinski definition) is 6. The van der Waals surface area contributed by atoms with Gasteiger partial charge in [-0.1, -0.05) is 141 Å². The van der Waals surface area contributed by atoms with Gasteiger partial charge < -0.3 is 9.11 Å². The number of unbranched alkanes of at least 4 members (excludes halogenated alkanes) is 12. The van der Waals surface area contributed by atoms with E-state index in [9.17, 15) is 25.9 Å². The molecule has 0 aliphatic rings. The topological polar surface area (TPSA) is 114 Å². The van der Waals surface area contributed by atoms with E-state index in [0.717, 1.165) is 60.1 Å². The zero-order chi connectivity index (χ0) is 38.0. The summed E-state index contributed by atoms with van der Waals surface area (Å²) in [4.78, 5) is -0.282. The molecule has 288 valence electrons. The van der Waals surface area contributed by atoms with Crippen molar-refractivity contribution in [1.29, 1.82) is 0 Å². The molecule has 0 amide bonds. The van der Waals surface area contributed by atoms with E-state index >= 15 is 0 Å². The first-order valence-corrected chi connectivity index (χ1v) is 22.8. The molecular weight excluding hydrogens is 729 g/mol. The fourth-order valence-corrected chi connectivity index (χ4v) is 7.96. The van der Waals surface area contributed by atoms with Crippen LogP contribution in [0, 0.1) is 0 Å². The standard InChI is InChI=1S/2C22H32O3S.Ca/c2*1-3-5-7-9-11-18-15-20-13-14-22(26(23,24)25)17-21(20)16-19(18)12-10-8-6-4-2;/h2*13-17H,3-12H2,1-2H3,(H,23,24,25);/q;;+2/p-2. The van der Waals surface area contributed by atoms with Crippen molar-refractivity contribution in [3.8, 4) is 0 Å². The van der Waals surface area contributed by atoms with Gasteiger partial charge in [-0.25, -0.2) is 16.8 Å². The normalized spacial score (nSPS) is 11.7. The second-order valence-electron chi connectivity index (χ2n) is 14.4. The third kappa shape index (κ3) is 16.6. The number of aryl methyl sites for hydroxylation is 4. The molecule has 4 aromatic carbocycles. The average molecular weight is 791 g/mol. The molecule has 0 spiro atoms. The van der Waals surface area contributed by atoms with Gasteiger partial charge in [0.1, 0.15) is 20.2 Å². The quantitative estimate of drug-likeness (QED) is 0.0445. The predicted molar refractivity (Wildman–Crippen MR) is 221 cm³/mol. The van der Waals surface area contributed by atoms with Crippen LogP contribution in [0.4, 0.5) is 0 Å². The van der Waals surface area contributed by atoms with Crippen LogP contribution in [0.5, 0.6) is 0 Å².